The Morgan fingerprint density at radius 1 is 1.24 bits per heavy atom. The van der Waals surface area contributed by atoms with Crippen LogP contribution in [0.2, 0.25) is 0 Å². The molecule has 1 aliphatic rings. The van der Waals surface area contributed by atoms with Crippen LogP contribution in [0.3, 0.4) is 0 Å². The minimum atomic E-state index is 0.591. The number of benzene rings is 1. The highest BCUT2D eigenvalue weighted by Crippen LogP contribution is 2.33. The van der Waals surface area contributed by atoms with Gasteiger partial charge < -0.3 is 14.6 Å². The highest BCUT2D eigenvalue weighted by atomic mass is 16.5. The molecule has 0 unspecified atom stereocenters. The second kappa shape index (κ2) is 5.80. The lowest BCUT2D eigenvalue weighted by molar-refractivity contribution is 0.412. The lowest BCUT2D eigenvalue weighted by Gasteiger charge is -2.16. The van der Waals surface area contributed by atoms with Crippen molar-refractivity contribution < 1.29 is 4.74 Å². The molecule has 1 heterocycles. The molecule has 112 valence electrons. The Kier molecular flexibility index (Phi) is 3.86. The highest BCUT2D eigenvalue weighted by Gasteiger charge is 2.20. The molecule has 0 bridgehead atoms. The van der Waals surface area contributed by atoms with Crippen molar-refractivity contribution in [2.45, 2.75) is 45.6 Å². The third-order valence-corrected chi connectivity index (χ3v) is 4.22. The van der Waals surface area contributed by atoms with Crippen LogP contribution in [0.4, 0.5) is 11.6 Å². The van der Waals surface area contributed by atoms with E-state index in [0.717, 1.165) is 28.6 Å². The third-order valence-electron chi connectivity index (χ3n) is 4.22. The molecule has 0 amide bonds. The maximum atomic E-state index is 5.31. The van der Waals surface area contributed by atoms with Gasteiger partial charge in [-0.2, -0.15) is 0 Å². The van der Waals surface area contributed by atoms with Gasteiger partial charge in [-0.25, -0.2) is 4.98 Å². The molecule has 1 fully saturated rings. The normalized spacial score (nSPS) is 15.4. The van der Waals surface area contributed by atoms with Gasteiger partial charge in [0.2, 0.25) is 5.95 Å². The van der Waals surface area contributed by atoms with E-state index in [4.69, 9.17) is 4.74 Å². The van der Waals surface area contributed by atoms with Crippen LogP contribution in [0, 0.1) is 13.8 Å². The number of hydrogen-bond acceptors (Lipinski definition) is 3. The standard InChI is InChI=1S/C17H23N3O/c1-12-10-14(8-9-16(12)21-3)19-17-18-13(2)11-20(17)15-6-4-5-7-15/h8-11,15H,4-7H2,1-3H3,(H,18,19). The first-order valence-corrected chi connectivity index (χ1v) is 7.64. The van der Waals surface area contributed by atoms with Crippen molar-refractivity contribution in [2.75, 3.05) is 12.4 Å². The summed E-state index contributed by atoms with van der Waals surface area (Å²) in [6.07, 6.45) is 7.32. The minimum absolute atomic E-state index is 0.591. The first-order valence-electron chi connectivity index (χ1n) is 7.64. The van der Waals surface area contributed by atoms with E-state index in [1.165, 1.54) is 25.7 Å². The average Bonchev–Trinajstić information content (AvgIpc) is 3.08. The third kappa shape index (κ3) is 2.89. The van der Waals surface area contributed by atoms with Crippen LogP contribution in [0.1, 0.15) is 43.0 Å². The fraction of sp³-hybridized carbons (Fsp3) is 0.471. The van der Waals surface area contributed by atoms with Crippen LogP contribution in [0.15, 0.2) is 24.4 Å². The van der Waals surface area contributed by atoms with Gasteiger partial charge in [-0.1, -0.05) is 12.8 Å². The van der Waals surface area contributed by atoms with E-state index < -0.39 is 0 Å². The number of aromatic nitrogens is 2. The molecule has 1 saturated carbocycles. The van der Waals surface area contributed by atoms with Gasteiger partial charge in [0.25, 0.3) is 0 Å². The number of anilines is 2. The molecule has 4 heteroatoms. The van der Waals surface area contributed by atoms with Crippen molar-refractivity contribution in [3.05, 3.63) is 35.7 Å². The molecular weight excluding hydrogens is 262 g/mol. The van der Waals surface area contributed by atoms with Gasteiger partial charge in [0.15, 0.2) is 0 Å². The van der Waals surface area contributed by atoms with E-state index >= 15 is 0 Å². The number of hydrogen-bond donors (Lipinski definition) is 1. The van der Waals surface area contributed by atoms with Crippen molar-refractivity contribution in [1.82, 2.24) is 9.55 Å². The number of rotatable bonds is 4. The molecule has 0 atom stereocenters. The van der Waals surface area contributed by atoms with Gasteiger partial charge >= 0.3 is 0 Å². The monoisotopic (exact) mass is 285 g/mol. The van der Waals surface area contributed by atoms with Gasteiger partial charge in [-0.3, -0.25) is 0 Å². The second-order valence-electron chi connectivity index (χ2n) is 5.86. The second-order valence-corrected chi connectivity index (χ2v) is 5.86. The van der Waals surface area contributed by atoms with Gasteiger partial charge in [0, 0.05) is 17.9 Å². The van der Waals surface area contributed by atoms with Crippen molar-refractivity contribution in [3.8, 4) is 5.75 Å². The van der Waals surface area contributed by atoms with Crippen LogP contribution >= 0.6 is 0 Å². The highest BCUT2D eigenvalue weighted by molar-refractivity contribution is 5.57. The Hall–Kier alpha value is -1.97. The summed E-state index contributed by atoms with van der Waals surface area (Å²) in [5.41, 5.74) is 3.24. The molecule has 0 saturated heterocycles. The Balaban J connectivity index is 1.85. The van der Waals surface area contributed by atoms with Crippen LogP contribution in [-0.4, -0.2) is 16.7 Å². The number of nitrogens with zero attached hydrogens (tertiary/aromatic N) is 2. The lowest BCUT2D eigenvalue weighted by Crippen LogP contribution is -2.08. The van der Waals surface area contributed by atoms with E-state index in [2.05, 4.69) is 41.0 Å². The van der Waals surface area contributed by atoms with Crippen molar-refractivity contribution in [1.29, 1.82) is 0 Å². The number of aryl methyl sites for hydroxylation is 2. The largest absolute Gasteiger partial charge is 0.496 e. The van der Waals surface area contributed by atoms with Gasteiger partial charge in [0.05, 0.1) is 12.8 Å². The summed E-state index contributed by atoms with van der Waals surface area (Å²) in [7, 11) is 1.70. The van der Waals surface area contributed by atoms with E-state index in [-0.39, 0.29) is 0 Å². The fourth-order valence-electron chi connectivity index (χ4n) is 3.15. The molecule has 21 heavy (non-hydrogen) atoms. The van der Waals surface area contributed by atoms with E-state index in [9.17, 15) is 0 Å². The molecule has 0 aliphatic heterocycles. The van der Waals surface area contributed by atoms with E-state index in [1.807, 2.05) is 12.1 Å². The number of ether oxygens (including phenoxy) is 1. The predicted molar refractivity (Wildman–Crippen MR) is 85.5 cm³/mol. The molecular formula is C17H23N3O. The zero-order chi connectivity index (χ0) is 14.8. The molecule has 4 nitrogen and oxygen atoms in total. The summed E-state index contributed by atoms with van der Waals surface area (Å²) >= 11 is 0. The number of nitrogens with one attached hydrogen (secondary N) is 1. The number of imidazole rings is 1. The minimum Gasteiger partial charge on any atom is -0.496 e. The number of methoxy groups -OCH3 is 1. The summed E-state index contributed by atoms with van der Waals surface area (Å²) in [4.78, 5) is 4.64. The molecule has 1 aliphatic carbocycles. The smallest absolute Gasteiger partial charge is 0.207 e. The van der Waals surface area contributed by atoms with Gasteiger partial charge in [-0.15, -0.1) is 0 Å². The lowest BCUT2D eigenvalue weighted by atomic mass is 10.2. The molecule has 1 N–H and O–H groups in total. The maximum absolute atomic E-state index is 5.31. The first-order chi connectivity index (χ1) is 10.2. The van der Waals surface area contributed by atoms with Crippen LogP contribution in [0.25, 0.3) is 0 Å². The van der Waals surface area contributed by atoms with Gasteiger partial charge in [-0.05, 0) is 50.5 Å². The van der Waals surface area contributed by atoms with Crippen LogP contribution < -0.4 is 10.1 Å². The summed E-state index contributed by atoms with van der Waals surface area (Å²) in [6.45, 7) is 4.11. The Morgan fingerprint density at radius 3 is 2.67 bits per heavy atom. The quantitative estimate of drug-likeness (QED) is 0.906. The summed E-state index contributed by atoms with van der Waals surface area (Å²) in [5, 5.41) is 3.46. The Morgan fingerprint density at radius 2 is 2.00 bits per heavy atom. The van der Waals surface area contributed by atoms with E-state index in [0.29, 0.717) is 6.04 Å². The molecule has 3 rings (SSSR count). The predicted octanol–water partition coefficient (Wildman–Crippen LogP) is 4.37. The molecule has 1 aromatic carbocycles. The summed E-state index contributed by atoms with van der Waals surface area (Å²) < 4.78 is 7.62. The SMILES string of the molecule is COc1ccc(Nc2nc(C)cn2C2CCCC2)cc1C. The summed E-state index contributed by atoms with van der Waals surface area (Å²) in [6, 6.07) is 6.72. The maximum Gasteiger partial charge on any atom is 0.207 e. The Labute approximate surface area is 126 Å². The van der Waals surface area contributed by atoms with Crippen LogP contribution in [-0.2, 0) is 0 Å². The Bertz CT molecular complexity index is 627. The molecule has 2 aromatic rings. The first kappa shape index (κ1) is 14.0. The van der Waals surface area contributed by atoms with Crippen molar-refractivity contribution in [3.63, 3.8) is 0 Å². The van der Waals surface area contributed by atoms with E-state index in [1.54, 1.807) is 7.11 Å². The van der Waals surface area contributed by atoms with Crippen molar-refractivity contribution >= 4 is 11.6 Å². The van der Waals surface area contributed by atoms with Crippen LogP contribution in [0.5, 0.6) is 5.75 Å². The molecule has 0 spiro atoms. The fourth-order valence-corrected chi connectivity index (χ4v) is 3.15. The molecule has 0 radical (unpaired) electrons. The zero-order valence-electron chi connectivity index (χ0n) is 13.0. The topological polar surface area (TPSA) is 39.1 Å². The molecule has 1 aromatic heterocycles. The summed E-state index contributed by atoms with van der Waals surface area (Å²) in [5.74, 6) is 1.86. The zero-order valence-corrected chi connectivity index (χ0v) is 13.0. The average molecular weight is 285 g/mol. The van der Waals surface area contributed by atoms with Crippen molar-refractivity contribution in [2.24, 2.45) is 0 Å². The van der Waals surface area contributed by atoms with Gasteiger partial charge in [0.1, 0.15) is 5.75 Å².